The summed E-state index contributed by atoms with van der Waals surface area (Å²) >= 11 is 0. The van der Waals surface area contributed by atoms with Gasteiger partial charge in [-0.2, -0.15) is 0 Å². The molecule has 0 saturated carbocycles. The van der Waals surface area contributed by atoms with Crippen molar-refractivity contribution in [3.8, 4) is 0 Å². The highest BCUT2D eigenvalue weighted by Crippen LogP contribution is 2.19. The Hall–Kier alpha value is -1.89. The summed E-state index contributed by atoms with van der Waals surface area (Å²) in [5.74, 6) is -2.74. The van der Waals surface area contributed by atoms with Gasteiger partial charge in [0.25, 0.3) is 0 Å². The van der Waals surface area contributed by atoms with E-state index in [1.807, 2.05) is 0 Å². The van der Waals surface area contributed by atoms with Gasteiger partial charge in [-0.15, -0.1) is 0 Å². The first kappa shape index (κ1) is 41.1. The van der Waals surface area contributed by atoms with Gasteiger partial charge in [0.2, 0.25) is 0 Å². The van der Waals surface area contributed by atoms with E-state index >= 15 is 0 Å². The Morgan fingerprint density at radius 1 is 0.488 bits per heavy atom. The first-order chi connectivity index (χ1) is 20.8. The van der Waals surface area contributed by atoms with Gasteiger partial charge in [-0.3, -0.25) is 9.59 Å². The quantitative estimate of drug-likeness (QED) is 0.0430. The minimum atomic E-state index is -1.07. The molecule has 0 saturated heterocycles. The minimum absolute atomic E-state index is 0.0193. The predicted molar refractivity (Wildman–Crippen MR) is 175 cm³/mol. The fraction of sp³-hybridized carbons (Fsp3) is 0.861. The second-order valence-electron chi connectivity index (χ2n) is 12.8. The standard InChI is InChI=1S/C36H67NO6/c1-2-3-4-5-6-7-8-9-10-11-12-13-14-15-16-17-18-19-20-21-22-23-30-37(31-24-27-34(38)39,32-25-28-35(40)41)33-26-29-36(42)43/h9-10H,2-8,11-33H2,1H3,(H2-,38,39,40,41,42,43)/b10-9+. The monoisotopic (exact) mass is 609 g/mol. The Bertz CT molecular complexity index is 658. The third-order valence-electron chi connectivity index (χ3n) is 8.70. The van der Waals surface area contributed by atoms with Crippen LogP contribution < -0.4 is 5.11 Å². The van der Waals surface area contributed by atoms with Crippen LogP contribution >= 0.6 is 0 Å². The second kappa shape index (κ2) is 30.1. The maximum atomic E-state index is 11.1. The lowest BCUT2D eigenvalue weighted by Gasteiger charge is -2.39. The van der Waals surface area contributed by atoms with Crippen LogP contribution in [0.25, 0.3) is 0 Å². The molecule has 0 aliphatic rings. The van der Waals surface area contributed by atoms with Crippen molar-refractivity contribution < 1.29 is 34.2 Å². The lowest BCUT2D eigenvalue weighted by molar-refractivity contribution is -0.929. The van der Waals surface area contributed by atoms with Crippen molar-refractivity contribution in [2.45, 2.75) is 174 Å². The van der Waals surface area contributed by atoms with Crippen LogP contribution in [-0.4, -0.2) is 58.8 Å². The van der Waals surface area contributed by atoms with E-state index in [0.29, 0.717) is 43.4 Å². The Labute approximate surface area is 264 Å². The molecule has 0 aliphatic carbocycles. The Morgan fingerprint density at radius 2 is 0.814 bits per heavy atom. The lowest BCUT2D eigenvalue weighted by Crippen LogP contribution is -2.51. The van der Waals surface area contributed by atoms with E-state index in [9.17, 15) is 19.5 Å². The van der Waals surface area contributed by atoms with E-state index in [2.05, 4.69) is 19.1 Å². The molecule has 0 aromatic carbocycles. The lowest BCUT2D eigenvalue weighted by atomic mass is 10.0. The molecule has 0 unspecified atom stereocenters. The molecule has 0 amide bonds. The average molecular weight is 610 g/mol. The van der Waals surface area contributed by atoms with E-state index < -0.39 is 17.9 Å². The number of carbonyl (C=O) groups is 3. The highest BCUT2D eigenvalue weighted by Gasteiger charge is 2.26. The molecule has 43 heavy (non-hydrogen) atoms. The van der Waals surface area contributed by atoms with Crippen LogP contribution in [0.4, 0.5) is 0 Å². The van der Waals surface area contributed by atoms with Crippen LogP contribution in [0, 0.1) is 0 Å². The van der Waals surface area contributed by atoms with Gasteiger partial charge in [0.15, 0.2) is 0 Å². The molecule has 252 valence electrons. The van der Waals surface area contributed by atoms with Gasteiger partial charge in [0.1, 0.15) is 0 Å². The molecule has 0 aromatic rings. The topological polar surface area (TPSA) is 115 Å². The molecule has 0 fully saturated rings. The van der Waals surface area contributed by atoms with Crippen molar-refractivity contribution in [1.29, 1.82) is 0 Å². The summed E-state index contributed by atoms with van der Waals surface area (Å²) in [7, 11) is 0. The Kier molecular flexibility index (Phi) is 28.8. The number of hydrogen-bond donors (Lipinski definition) is 2. The molecule has 0 spiro atoms. The number of nitrogens with zero attached hydrogens (tertiary/aromatic N) is 1. The molecular formula is C36H67NO6. The number of carboxylic acid groups (broad SMARTS) is 3. The molecule has 7 nitrogen and oxygen atoms in total. The van der Waals surface area contributed by atoms with Crippen molar-refractivity contribution in [3.63, 3.8) is 0 Å². The van der Waals surface area contributed by atoms with Crippen molar-refractivity contribution in [2.24, 2.45) is 0 Å². The fourth-order valence-electron chi connectivity index (χ4n) is 6.12. The van der Waals surface area contributed by atoms with Crippen LogP contribution in [0.1, 0.15) is 174 Å². The van der Waals surface area contributed by atoms with Gasteiger partial charge in [0, 0.05) is 25.2 Å². The van der Waals surface area contributed by atoms with Gasteiger partial charge in [0.05, 0.1) is 39.0 Å². The smallest absolute Gasteiger partial charge is 0.303 e. The van der Waals surface area contributed by atoms with Crippen LogP contribution in [-0.2, 0) is 14.4 Å². The number of allylic oxidation sites excluding steroid dienone is 2. The third-order valence-corrected chi connectivity index (χ3v) is 8.70. The molecule has 0 aliphatic heterocycles. The van der Waals surface area contributed by atoms with Gasteiger partial charge in [-0.1, -0.05) is 109 Å². The molecular weight excluding hydrogens is 542 g/mol. The van der Waals surface area contributed by atoms with Gasteiger partial charge < -0.3 is 24.6 Å². The molecule has 0 bridgehead atoms. The zero-order chi connectivity index (χ0) is 31.9. The fourth-order valence-corrected chi connectivity index (χ4v) is 6.12. The largest absolute Gasteiger partial charge is 0.550 e. The van der Waals surface area contributed by atoms with Gasteiger partial charge >= 0.3 is 11.9 Å². The van der Waals surface area contributed by atoms with Crippen LogP contribution in [0.15, 0.2) is 12.2 Å². The number of unbranched alkanes of at least 4 members (excludes halogenated alkanes) is 18. The van der Waals surface area contributed by atoms with E-state index in [4.69, 9.17) is 10.2 Å². The van der Waals surface area contributed by atoms with Crippen molar-refractivity contribution in [1.82, 2.24) is 0 Å². The molecule has 0 rings (SSSR count). The van der Waals surface area contributed by atoms with Gasteiger partial charge in [-0.05, 0) is 44.9 Å². The highest BCUT2D eigenvalue weighted by atomic mass is 16.4. The molecule has 0 aromatic heterocycles. The maximum absolute atomic E-state index is 11.1. The number of carbonyl (C=O) groups excluding carboxylic acids is 1. The van der Waals surface area contributed by atoms with Crippen molar-refractivity contribution >= 4 is 17.9 Å². The van der Waals surface area contributed by atoms with Crippen molar-refractivity contribution in [3.05, 3.63) is 12.2 Å². The summed E-state index contributed by atoms with van der Waals surface area (Å²) in [5, 5.41) is 29.2. The number of rotatable bonds is 34. The van der Waals surface area contributed by atoms with E-state index in [1.165, 1.54) is 116 Å². The number of quaternary nitrogens is 1. The Balaban J connectivity index is 4.00. The zero-order valence-electron chi connectivity index (χ0n) is 27.8. The summed E-state index contributed by atoms with van der Waals surface area (Å²) < 4.78 is 0.614. The van der Waals surface area contributed by atoms with E-state index in [-0.39, 0.29) is 19.3 Å². The molecule has 0 atom stereocenters. The third kappa shape index (κ3) is 29.9. The SMILES string of the molecule is CCCCCCCC/C=C/CCCCCCCCCCCCCC[N+](CCCC(=O)[O-])(CCCC(=O)O)CCCC(=O)O. The van der Waals surface area contributed by atoms with Crippen LogP contribution in [0.2, 0.25) is 0 Å². The first-order valence-corrected chi connectivity index (χ1v) is 17.9. The summed E-state index contributed by atoms with van der Waals surface area (Å²) in [6.07, 6.45) is 32.3. The zero-order valence-corrected chi connectivity index (χ0v) is 27.8. The molecule has 2 N–H and O–H groups in total. The summed E-state index contributed by atoms with van der Waals surface area (Å²) in [6.45, 7) is 5.04. The number of hydrogen-bond acceptors (Lipinski definition) is 4. The van der Waals surface area contributed by atoms with Crippen LogP contribution in [0.3, 0.4) is 0 Å². The molecule has 0 heterocycles. The first-order valence-electron chi connectivity index (χ1n) is 17.9. The average Bonchev–Trinajstić information content (AvgIpc) is 2.95. The van der Waals surface area contributed by atoms with E-state index in [0.717, 1.165) is 19.4 Å². The predicted octanol–water partition coefficient (Wildman–Crippen LogP) is 8.44. The van der Waals surface area contributed by atoms with Crippen molar-refractivity contribution in [2.75, 3.05) is 26.2 Å². The van der Waals surface area contributed by atoms with Crippen LogP contribution in [0.5, 0.6) is 0 Å². The second-order valence-corrected chi connectivity index (χ2v) is 12.8. The van der Waals surface area contributed by atoms with E-state index in [1.54, 1.807) is 0 Å². The number of aliphatic carboxylic acids is 3. The highest BCUT2D eigenvalue weighted by molar-refractivity contribution is 5.66. The van der Waals surface area contributed by atoms with Gasteiger partial charge in [-0.25, -0.2) is 0 Å². The summed E-state index contributed by atoms with van der Waals surface area (Å²) in [6, 6.07) is 0. The minimum Gasteiger partial charge on any atom is -0.550 e. The molecule has 7 heteroatoms. The normalized spacial score (nSPS) is 11.8. The maximum Gasteiger partial charge on any atom is 0.303 e. The molecule has 0 radical (unpaired) electrons. The summed E-state index contributed by atoms with van der Waals surface area (Å²) in [4.78, 5) is 33.1. The number of carboxylic acids is 3. The Morgan fingerprint density at radius 3 is 1.19 bits per heavy atom. The summed E-state index contributed by atoms with van der Waals surface area (Å²) in [5.41, 5.74) is 0.